The molecule has 90 valence electrons. The first-order valence-electron chi connectivity index (χ1n) is 6.21. The molecule has 5 N–H and O–H groups in total. The van der Waals surface area contributed by atoms with Crippen molar-refractivity contribution in [3.63, 3.8) is 0 Å². The van der Waals surface area contributed by atoms with Crippen LogP contribution in [0.4, 0.5) is 0 Å². The zero-order valence-corrected chi connectivity index (χ0v) is 9.57. The van der Waals surface area contributed by atoms with E-state index in [2.05, 4.69) is 27.5 Å². The van der Waals surface area contributed by atoms with E-state index in [9.17, 15) is 0 Å². The van der Waals surface area contributed by atoms with E-state index in [0.29, 0.717) is 0 Å². The third kappa shape index (κ3) is 8.77. The van der Waals surface area contributed by atoms with Crippen molar-refractivity contribution in [1.82, 2.24) is 27.5 Å². The predicted molar refractivity (Wildman–Crippen MR) is 62.3 cm³/mol. The molecule has 0 atom stereocenters. The van der Waals surface area contributed by atoms with E-state index in [4.69, 9.17) is 0 Å². The molecule has 5 heteroatoms. The first-order valence-corrected chi connectivity index (χ1v) is 6.21. The van der Waals surface area contributed by atoms with Crippen LogP contribution >= 0.6 is 0 Å². The summed E-state index contributed by atoms with van der Waals surface area (Å²) in [5.74, 6) is 0. The highest BCUT2D eigenvalue weighted by atomic mass is 15.8. The molecular weight excluding hydrogens is 190 g/mol. The maximum Gasteiger partial charge on any atom is 0.0113 e. The maximum atomic E-state index is 3.09. The van der Waals surface area contributed by atoms with Gasteiger partial charge in [0, 0.05) is 13.1 Å². The van der Waals surface area contributed by atoms with Crippen LogP contribution in [0, 0.1) is 0 Å². The largest absolute Gasteiger partial charge is 0.243 e. The van der Waals surface area contributed by atoms with Crippen LogP contribution in [0.25, 0.3) is 0 Å². The Morgan fingerprint density at radius 1 is 0.400 bits per heavy atom. The summed E-state index contributed by atoms with van der Waals surface area (Å²) in [6.07, 6.45) is 10.7. The topological polar surface area (TPSA) is 60.1 Å². The van der Waals surface area contributed by atoms with Crippen LogP contribution in [0.5, 0.6) is 0 Å². The zero-order valence-electron chi connectivity index (χ0n) is 9.57. The summed E-state index contributed by atoms with van der Waals surface area (Å²) >= 11 is 0. The predicted octanol–water partition coefficient (Wildman–Crippen LogP) is 0.729. The van der Waals surface area contributed by atoms with E-state index in [1.54, 1.807) is 0 Å². The Hall–Kier alpha value is -0.200. The molecule has 0 aromatic rings. The highest BCUT2D eigenvalue weighted by Gasteiger charge is 1.93. The standard InChI is InChI=1S/C10H25N5/c1-2-4-6-8-10-12-14-15-13-11-9-7-5-3-1/h11-15H,1-10H2. The van der Waals surface area contributed by atoms with E-state index in [1.807, 2.05) is 0 Å². The lowest BCUT2D eigenvalue weighted by atomic mass is 10.1. The quantitative estimate of drug-likeness (QED) is 0.412. The lowest BCUT2D eigenvalue weighted by molar-refractivity contribution is 0.322. The molecule has 15 heavy (non-hydrogen) atoms. The Morgan fingerprint density at radius 3 is 1.27 bits per heavy atom. The second kappa shape index (κ2) is 10.3. The Labute approximate surface area is 92.6 Å². The summed E-state index contributed by atoms with van der Waals surface area (Å²) in [4.78, 5) is 0. The molecule has 0 spiro atoms. The van der Waals surface area contributed by atoms with Gasteiger partial charge in [-0.1, -0.05) is 38.5 Å². The lowest BCUT2D eigenvalue weighted by Crippen LogP contribution is -2.55. The van der Waals surface area contributed by atoms with E-state index < -0.39 is 0 Å². The molecule has 5 nitrogen and oxygen atoms in total. The summed E-state index contributed by atoms with van der Waals surface area (Å²) in [6.45, 7) is 2.02. The molecule has 0 radical (unpaired) electrons. The second-order valence-corrected chi connectivity index (χ2v) is 4.06. The zero-order chi connectivity index (χ0) is 10.6. The van der Waals surface area contributed by atoms with Crippen molar-refractivity contribution in [2.24, 2.45) is 0 Å². The van der Waals surface area contributed by atoms with Crippen molar-refractivity contribution in [2.45, 2.75) is 51.4 Å². The number of hydrogen-bond donors (Lipinski definition) is 5. The van der Waals surface area contributed by atoms with E-state index in [-0.39, 0.29) is 0 Å². The lowest BCUT2D eigenvalue weighted by Gasteiger charge is -2.10. The molecule has 1 heterocycles. The fourth-order valence-electron chi connectivity index (χ4n) is 1.73. The molecule has 0 aromatic heterocycles. The van der Waals surface area contributed by atoms with Crippen LogP contribution in [-0.2, 0) is 0 Å². The van der Waals surface area contributed by atoms with Crippen molar-refractivity contribution < 1.29 is 0 Å². The van der Waals surface area contributed by atoms with Gasteiger partial charge in [-0.3, -0.25) is 0 Å². The summed E-state index contributed by atoms with van der Waals surface area (Å²) in [7, 11) is 0. The second-order valence-electron chi connectivity index (χ2n) is 4.06. The Bertz CT molecular complexity index is 72.4. The highest BCUT2D eigenvalue weighted by Crippen LogP contribution is 2.07. The average molecular weight is 215 g/mol. The van der Waals surface area contributed by atoms with Crippen LogP contribution in [0.15, 0.2) is 0 Å². The van der Waals surface area contributed by atoms with Crippen molar-refractivity contribution in [1.29, 1.82) is 0 Å². The molecule has 1 aliphatic heterocycles. The third-order valence-corrected chi connectivity index (χ3v) is 2.66. The molecular formula is C10H25N5. The monoisotopic (exact) mass is 215 g/mol. The molecule has 0 saturated carbocycles. The third-order valence-electron chi connectivity index (χ3n) is 2.66. The van der Waals surface area contributed by atoms with Crippen LogP contribution < -0.4 is 27.5 Å². The summed E-state index contributed by atoms with van der Waals surface area (Å²) in [5, 5.41) is 0. The van der Waals surface area contributed by atoms with E-state index in [1.165, 1.54) is 51.4 Å². The van der Waals surface area contributed by atoms with Gasteiger partial charge in [-0.25, -0.2) is 10.9 Å². The van der Waals surface area contributed by atoms with Crippen LogP contribution in [0.1, 0.15) is 51.4 Å². The van der Waals surface area contributed by atoms with Crippen molar-refractivity contribution in [3.05, 3.63) is 0 Å². The number of hydrogen-bond acceptors (Lipinski definition) is 5. The molecule has 0 bridgehead atoms. The van der Waals surface area contributed by atoms with Gasteiger partial charge < -0.3 is 0 Å². The first-order chi connectivity index (χ1) is 7.50. The van der Waals surface area contributed by atoms with Crippen molar-refractivity contribution >= 4 is 0 Å². The van der Waals surface area contributed by atoms with Gasteiger partial charge in [0.2, 0.25) is 0 Å². The molecule has 0 unspecified atom stereocenters. The Kier molecular flexibility index (Phi) is 8.85. The molecule has 0 aliphatic carbocycles. The van der Waals surface area contributed by atoms with Crippen molar-refractivity contribution in [2.75, 3.05) is 13.1 Å². The normalized spacial score (nSPS) is 24.0. The molecule has 0 aromatic carbocycles. The van der Waals surface area contributed by atoms with Gasteiger partial charge in [0.15, 0.2) is 0 Å². The first kappa shape index (κ1) is 12.9. The summed E-state index contributed by atoms with van der Waals surface area (Å²) in [5.41, 5.74) is 14.8. The molecule has 1 saturated heterocycles. The summed E-state index contributed by atoms with van der Waals surface area (Å²) < 4.78 is 0. The minimum atomic E-state index is 1.01. The van der Waals surface area contributed by atoms with Gasteiger partial charge in [-0.15, -0.1) is 0 Å². The van der Waals surface area contributed by atoms with Gasteiger partial charge in [0.05, 0.1) is 0 Å². The molecule has 1 rings (SSSR count). The van der Waals surface area contributed by atoms with Gasteiger partial charge in [-0.2, -0.15) is 16.6 Å². The number of hydrazine groups is 4. The van der Waals surface area contributed by atoms with E-state index >= 15 is 0 Å². The maximum absolute atomic E-state index is 3.09. The SMILES string of the molecule is C1CCCCCNNNNNCCCC1. The number of rotatable bonds is 0. The smallest absolute Gasteiger partial charge is 0.0113 e. The van der Waals surface area contributed by atoms with Gasteiger partial charge in [-0.05, 0) is 12.8 Å². The summed E-state index contributed by atoms with van der Waals surface area (Å²) in [6, 6.07) is 0. The number of nitrogens with one attached hydrogen (secondary N) is 5. The fraction of sp³-hybridized carbons (Fsp3) is 1.00. The van der Waals surface area contributed by atoms with Gasteiger partial charge in [0.25, 0.3) is 0 Å². The van der Waals surface area contributed by atoms with E-state index in [0.717, 1.165) is 13.1 Å². The highest BCUT2D eigenvalue weighted by molar-refractivity contribution is 4.49. The molecule has 0 amide bonds. The Balaban J connectivity index is 2.01. The fourth-order valence-corrected chi connectivity index (χ4v) is 1.73. The minimum absolute atomic E-state index is 1.01. The van der Waals surface area contributed by atoms with Crippen LogP contribution in [0.2, 0.25) is 0 Å². The van der Waals surface area contributed by atoms with Gasteiger partial charge >= 0.3 is 0 Å². The van der Waals surface area contributed by atoms with Crippen LogP contribution in [-0.4, -0.2) is 13.1 Å². The average Bonchev–Trinajstić information content (AvgIpc) is 2.27. The van der Waals surface area contributed by atoms with Crippen molar-refractivity contribution in [3.8, 4) is 0 Å². The molecule has 1 fully saturated rings. The minimum Gasteiger partial charge on any atom is -0.243 e. The van der Waals surface area contributed by atoms with Crippen LogP contribution in [0.3, 0.4) is 0 Å². The van der Waals surface area contributed by atoms with Gasteiger partial charge in [0.1, 0.15) is 0 Å². The Morgan fingerprint density at radius 2 is 0.800 bits per heavy atom. The molecule has 1 aliphatic rings.